The summed E-state index contributed by atoms with van der Waals surface area (Å²) in [7, 11) is 1.74. The van der Waals surface area contributed by atoms with Crippen molar-refractivity contribution in [1.29, 1.82) is 0 Å². The Kier molecular flexibility index (Phi) is 4.48. The third-order valence-corrected chi connectivity index (χ3v) is 4.06. The molecular weight excluding hydrogens is 286 g/mol. The van der Waals surface area contributed by atoms with Crippen molar-refractivity contribution < 1.29 is 9.90 Å². The van der Waals surface area contributed by atoms with E-state index in [0.717, 1.165) is 35.2 Å². The summed E-state index contributed by atoms with van der Waals surface area (Å²) in [5.41, 5.74) is 0.896. The minimum atomic E-state index is -0.874. The van der Waals surface area contributed by atoms with Crippen LogP contribution in [0.4, 0.5) is 0 Å². The van der Waals surface area contributed by atoms with Crippen LogP contribution in [-0.4, -0.2) is 41.2 Å². The van der Waals surface area contributed by atoms with Gasteiger partial charge in [0.25, 0.3) is 0 Å². The molecule has 2 heterocycles. The molecule has 0 aliphatic rings. The van der Waals surface area contributed by atoms with E-state index in [1.54, 1.807) is 11.7 Å². The van der Waals surface area contributed by atoms with Crippen LogP contribution < -0.4 is 0 Å². The second-order valence-corrected chi connectivity index (χ2v) is 5.52. The molecule has 0 bridgehead atoms. The summed E-state index contributed by atoms with van der Waals surface area (Å²) in [5, 5.41) is 17.6. The zero-order chi connectivity index (χ0) is 13.8. The van der Waals surface area contributed by atoms with Gasteiger partial charge in [0.2, 0.25) is 0 Å². The Morgan fingerprint density at radius 2 is 2.32 bits per heavy atom. The van der Waals surface area contributed by atoms with E-state index >= 15 is 0 Å². The minimum absolute atomic E-state index is 0.0330. The van der Waals surface area contributed by atoms with Gasteiger partial charge in [-0.25, -0.2) is 4.68 Å². The molecule has 2 aromatic rings. The van der Waals surface area contributed by atoms with Crippen LogP contribution in [0.25, 0.3) is 10.7 Å². The van der Waals surface area contributed by atoms with Gasteiger partial charge in [-0.15, -0.1) is 10.2 Å². The molecule has 0 atom stereocenters. The summed E-state index contributed by atoms with van der Waals surface area (Å²) in [6, 6.07) is 0. The summed E-state index contributed by atoms with van der Waals surface area (Å²) in [6.45, 7) is 2.07. The molecule has 0 amide bonds. The number of aromatic nitrogens is 5. The molecule has 1 N–H and O–H groups in total. The number of carbonyl (C=O) groups is 1. The lowest BCUT2D eigenvalue weighted by atomic mass is 10.2. The van der Waals surface area contributed by atoms with E-state index in [0.29, 0.717) is 11.0 Å². The number of rotatable bonds is 6. The largest absolute Gasteiger partial charge is 0.481 e. The van der Waals surface area contributed by atoms with Gasteiger partial charge in [0.15, 0.2) is 11.0 Å². The lowest BCUT2D eigenvalue weighted by Crippen LogP contribution is -2.00. The Morgan fingerprint density at radius 3 is 3.00 bits per heavy atom. The molecular formula is C10H13N5O2S2. The fourth-order valence-corrected chi connectivity index (χ4v) is 2.77. The van der Waals surface area contributed by atoms with Crippen molar-refractivity contribution in [2.24, 2.45) is 7.05 Å². The number of thioether (sulfide) groups is 1. The summed E-state index contributed by atoms with van der Waals surface area (Å²) >= 11 is 2.41. The number of carboxylic acid groups (broad SMARTS) is 1. The van der Waals surface area contributed by atoms with Crippen LogP contribution in [0.5, 0.6) is 0 Å². The summed E-state index contributed by atoms with van der Waals surface area (Å²) in [5.74, 6) is -0.344. The lowest BCUT2D eigenvalue weighted by molar-refractivity contribution is -0.133. The third-order valence-electron chi connectivity index (χ3n) is 2.29. The minimum Gasteiger partial charge on any atom is -0.481 e. The van der Waals surface area contributed by atoms with Crippen molar-refractivity contribution in [2.45, 2.75) is 24.9 Å². The number of nitrogens with zero attached hydrogens (tertiary/aromatic N) is 5. The quantitative estimate of drug-likeness (QED) is 0.807. The smallest absolute Gasteiger partial charge is 0.313 e. The molecule has 9 heteroatoms. The van der Waals surface area contributed by atoms with E-state index in [9.17, 15) is 4.79 Å². The summed E-state index contributed by atoms with van der Waals surface area (Å²) in [4.78, 5) is 15.8. The van der Waals surface area contributed by atoms with Gasteiger partial charge in [-0.1, -0.05) is 29.6 Å². The van der Waals surface area contributed by atoms with E-state index < -0.39 is 5.97 Å². The van der Waals surface area contributed by atoms with Crippen molar-refractivity contribution in [3.05, 3.63) is 5.69 Å². The van der Waals surface area contributed by atoms with Crippen molar-refractivity contribution in [3.8, 4) is 10.7 Å². The van der Waals surface area contributed by atoms with E-state index in [-0.39, 0.29) is 5.75 Å². The average Bonchev–Trinajstić information content (AvgIpc) is 2.94. The number of hydrogen-bond donors (Lipinski definition) is 1. The molecule has 0 saturated carbocycles. The predicted octanol–water partition coefficient (Wildman–Crippen LogP) is 1.46. The molecule has 0 radical (unpaired) electrons. The Bertz CT molecular complexity index is 580. The van der Waals surface area contributed by atoms with Gasteiger partial charge in [-0.2, -0.15) is 4.98 Å². The van der Waals surface area contributed by atoms with E-state index in [2.05, 4.69) is 26.6 Å². The molecule has 0 aliphatic carbocycles. The number of aryl methyl sites for hydroxylation is 2. The van der Waals surface area contributed by atoms with Crippen molar-refractivity contribution >= 4 is 29.3 Å². The van der Waals surface area contributed by atoms with Gasteiger partial charge < -0.3 is 5.11 Å². The summed E-state index contributed by atoms with van der Waals surface area (Å²) in [6.07, 6.45) is 1.81. The second-order valence-electron chi connectivity index (χ2n) is 3.82. The van der Waals surface area contributed by atoms with Crippen molar-refractivity contribution in [3.63, 3.8) is 0 Å². The van der Waals surface area contributed by atoms with Gasteiger partial charge in [-0.3, -0.25) is 4.79 Å². The van der Waals surface area contributed by atoms with Gasteiger partial charge in [0.1, 0.15) is 4.88 Å². The SMILES string of the molecule is CCCc1nnsc1-c1nc(SCC(=O)O)n(C)n1. The van der Waals surface area contributed by atoms with Gasteiger partial charge in [-0.05, 0) is 18.0 Å². The molecule has 7 nitrogen and oxygen atoms in total. The number of aliphatic carboxylic acids is 1. The second kappa shape index (κ2) is 6.11. The van der Waals surface area contributed by atoms with Crippen LogP contribution in [0.1, 0.15) is 19.0 Å². The molecule has 0 unspecified atom stereocenters. The first-order chi connectivity index (χ1) is 9.11. The molecule has 19 heavy (non-hydrogen) atoms. The lowest BCUT2D eigenvalue weighted by Gasteiger charge is -1.94. The molecule has 0 aromatic carbocycles. The van der Waals surface area contributed by atoms with Crippen LogP contribution in [0.2, 0.25) is 0 Å². The zero-order valence-electron chi connectivity index (χ0n) is 10.5. The van der Waals surface area contributed by atoms with Crippen LogP contribution in [0, 0.1) is 0 Å². The molecule has 0 spiro atoms. The van der Waals surface area contributed by atoms with E-state index in [1.165, 1.54) is 11.5 Å². The molecule has 2 rings (SSSR count). The molecule has 0 saturated heterocycles. The highest BCUT2D eigenvalue weighted by atomic mass is 32.2. The Hall–Kier alpha value is -1.48. The fraction of sp³-hybridized carbons (Fsp3) is 0.500. The maximum atomic E-state index is 10.6. The first kappa shape index (κ1) is 13.9. The van der Waals surface area contributed by atoms with Crippen LogP contribution in [0.15, 0.2) is 5.16 Å². The van der Waals surface area contributed by atoms with Crippen molar-refractivity contribution in [2.75, 3.05) is 5.75 Å². The van der Waals surface area contributed by atoms with E-state index in [1.807, 2.05) is 0 Å². The first-order valence-corrected chi connectivity index (χ1v) is 7.45. The fourth-order valence-electron chi connectivity index (χ4n) is 1.50. The number of carboxylic acids is 1. The van der Waals surface area contributed by atoms with E-state index in [4.69, 9.17) is 5.11 Å². The van der Waals surface area contributed by atoms with Crippen LogP contribution in [-0.2, 0) is 18.3 Å². The van der Waals surface area contributed by atoms with Crippen LogP contribution in [0.3, 0.4) is 0 Å². The zero-order valence-corrected chi connectivity index (χ0v) is 12.2. The van der Waals surface area contributed by atoms with Gasteiger partial charge >= 0.3 is 5.97 Å². The highest BCUT2D eigenvalue weighted by Crippen LogP contribution is 2.26. The molecule has 102 valence electrons. The normalized spacial score (nSPS) is 10.8. The molecule has 2 aromatic heterocycles. The highest BCUT2D eigenvalue weighted by Gasteiger charge is 2.17. The van der Waals surface area contributed by atoms with Crippen molar-refractivity contribution in [1.82, 2.24) is 24.4 Å². The number of hydrogen-bond acceptors (Lipinski definition) is 7. The first-order valence-electron chi connectivity index (χ1n) is 5.69. The maximum Gasteiger partial charge on any atom is 0.313 e. The van der Waals surface area contributed by atoms with Crippen LogP contribution >= 0.6 is 23.3 Å². The Morgan fingerprint density at radius 1 is 1.53 bits per heavy atom. The monoisotopic (exact) mass is 299 g/mol. The topological polar surface area (TPSA) is 93.8 Å². The standard InChI is InChI=1S/C10H13N5O2S2/c1-3-4-6-8(19-14-12-6)9-11-10(15(2)13-9)18-5-7(16)17/h3-5H2,1-2H3,(H,16,17). The Labute approximate surface area is 118 Å². The average molecular weight is 299 g/mol. The van der Waals surface area contributed by atoms with Gasteiger partial charge in [0, 0.05) is 7.05 Å². The summed E-state index contributed by atoms with van der Waals surface area (Å²) < 4.78 is 5.51. The molecule has 0 aliphatic heterocycles. The maximum absolute atomic E-state index is 10.6. The highest BCUT2D eigenvalue weighted by molar-refractivity contribution is 7.99. The predicted molar refractivity (Wildman–Crippen MR) is 72.3 cm³/mol. The van der Waals surface area contributed by atoms with Gasteiger partial charge in [0.05, 0.1) is 11.4 Å². The molecule has 0 fully saturated rings. The Balaban J connectivity index is 2.23. The third kappa shape index (κ3) is 3.29.